The molecule has 0 bridgehead atoms. The Labute approximate surface area is 68.2 Å². The lowest BCUT2D eigenvalue weighted by Gasteiger charge is -1.88. The molecule has 1 aliphatic carbocycles. The first-order valence-corrected chi connectivity index (χ1v) is 4.28. The quantitative estimate of drug-likeness (QED) is 0.742. The Hall–Kier alpha value is -0.310. The summed E-state index contributed by atoms with van der Waals surface area (Å²) in [6.45, 7) is 2.07. The van der Waals surface area contributed by atoms with Gasteiger partial charge >= 0.3 is 0 Å². The van der Waals surface area contributed by atoms with Crippen molar-refractivity contribution < 1.29 is 0 Å². The summed E-state index contributed by atoms with van der Waals surface area (Å²) in [5.41, 5.74) is 2.47. The van der Waals surface area contributed by atoms with Crippen molar-refractivity contribution >= 4 is 15.9 Å². The van der Waals surface area contributed by atoms with Crippen LogP contribution >= 0.6 is 15.9 Å². The van der Waals surface area contributed by atoms with E-state index in [1.807, 2.05) is 0 Å². The summed E-state index contributed by atoms with van der Waals surface area (Å²) in [5.74, 6) is 0.752. The molecule has 0 aliphatic heterocycles. The Morgan fingerprint density at radius 1 is 1.60 bits per heavy atom. The minimum absolute atomic E-state index is 0.752. The fraction of sp³-hybridized carbons (Fsp3) is 0.571. The molecule has 0 amide bonds. The molecule has 54 valence electrons. The van der Waals surface area contributed by atoms with Crippen LogP contribution in [0.1, 0.15) is 30.1 Å². The number of nitrogens with one attached hydrogen (secondary N) is 1. The third kappa shape index (κ3) is 0.985. The summed E-state index contributed by atoms with van der Waals surface area (Å²) < 4.78 is 0.868. The predicted octanol–water partition coefficient (Wildman–Crippen LogP) is 2.36. The molecular weight excluding hydrogens is 192 g/mol. The molecule has 1 N–H and O–H groups in total. The van der Waals surface area contributed by atoms with E-state index >= 15 is 0 Å². The number of H-pyrrole nitrogens is 1. The zero-order chi connectivity index (χ0) is 7.14. The number of halogens is 1. The van der Waals surface area contributed by atoms with Crippen LogP contribution in [0, 0.1) is 6.92 Å². The van der Waals surface area contributed by atoms with Crippen molar-refractivity contribution in [3.05, 3.63) is 16.1 Å². The van der Waals surface area contributed by atoms with Crippen LogP contribution in [0.25, 0.3) is 0 Å². The average molecular weight is 201 g/mol. The van der Waals surface area contributed by atoms with Crippen molar-refractivity contribution in [2.75, 3.05) is 0 Å². The van der Waals surface area contributed by atoms with E-state index in [4.69, 9.17) is 0 Å². The molecule has 10 heavy (non-hydrogen) atoms. The number of imidazole rings is 1. The highest BCUT2D eigenvalue weighted by Crippen LogP contribution is 2.40. The zero-order valence-electron chi connectivity index (χ0n) is 5.82. The van der Waals surface area contributed by atoms with Gasteiger partial charge in [0.15, 0.2) is 4.73 Å². The maximum atomic E-state index is 4.33. The van der Waals surface area contributed by atoms with Crippen LogP contribution in [0.2, 0.25) is 0 Å². The molecular formula is C7H9BrN2. The van der Waals surface area contributed by atoms with Crippen molar-refractivity contribution in [3.8, 4) is 0 Å². The topological polar surface area (TPSA) is 28.7 Å². The first kappa shape index (κ1) is 6.40. The van der Waals surface area contributed by atoms with Gasteiger partial charge in [0.1, 0.15) is 0 Å². The molecule has 1 aromatic rings. The van der Waals surface area contributed by atoms with Crippen LogP contribution in [0.4, 0.5) is 0 Å². The lowest BCUT2D eigenvalue weighted by Crippen LogP contribution is -1.81. The average Bonchev–Trinajstić information content (AvgIpc) is 2.61. The molecule has 0 aromatic carbocycles. The number of rotatable bonds is 1. The Morgan fingerprint density at radius 3 is 2.70 bits per heavy atom. The SMILES string of the molecule is Cc1[nH]c(Br)nc1C1CC1. The van der Waals surface area contributed by atoms with E-state index in [1.54, 1.807) is 0 Å². The molecule has 2 rings (SSSR count). The monoisotopic (exact) mass is 200 g/mol. The van der Waals surface area contributed by atoms with E-state index in [2.05, 4.69) is 32.8 Å². The Balaban J connectivity index is 2.38. The summed E-state index contributed by atoms with van der Waals surface area (Å²) in [6, 6.07) is 0. The number of hydrogen-bond donors (Lipinski definition) is 1. The van der Waals surface area contributed by atoms with Gasteiger partial charge in [-0.1, -0.05) is 0 Å². The standard InChI is InChI=1S/C7H9BrN2/c1-4-6(5-2-3-5)10-7(8)9-4/h5H,2-3H2,1H3,(H,9,10). The van der Waals surface area contributed by atoms with Gasteiger partial charge in [0.25, 0.3) is 0 Å². The second-order valence-corrected chi connectivity index (χ2v) is 3.56. The molecule has 1 fully saturated rings. The van der Waals surface area contributed by atoms with Crippen LogP contribution in [0.15, 0.2) is 4.73 Å². The van der Waals surface area contributed by atoms with Crippen molar-refractivity contribution in [3.63, 3.8) is 0 Å². The highest BCUT2D eigenvalue weighted by Gasteiger charge is 2.27. The molecule has 1 heterocycles. The number of nitrogens with zero attached hydrogens (tertiary/aromatic N) is 1. The molecule has 1 saturated carbocycles. The van der Waals surface area contributed by atoms with Gasteiger partial charge in [-0.3, -0.25) is 0 Å². The number of aromatic nitrogens is 2. The van der Waals surface area contributed by atoms with Crippen LogP contribution in [-0.4, -0.2) is 9.97 Å². The zero-order valence-corrected chi connectivity index (χ0v) is 7.40. The summed E-state index contributed by atoms with van der Waals surface area (Å²) in [7, 11) is 0. The van der Waals surface area contributed by atoms with Gasteiger partial charge in [0, 0.05) is 11.6 Å². The van der Waals surface area contributed by atoms with Gasteiger partial charge in [-0.15, -0.1) is 0 Å². The number of aromatic amines is 1. The van der Waals surface area contributed by atoms with Crippen molar-refractivity contribution in [2.24, 2.45) is 0 Å². The van der Waals surface area contributed by atoms with Crippen LogP contribution in [0.3, 0.4) is 0 Å². The summed E-state index contributed by atoms with van der Waals surface area (Å²) in [6.07, 6.45) is 2.64. The normalized spacial score (nSPS) is 17.8. The smallest absolute Gasteiger partial charge is 0.174 e. The predicted molar refractivity (Wildman–Crippen MR) is 43.0 cm³/mol. The largest absolute Gasteiger partial charge is 0.336 e. The molecule has 1 aliphatic rings. The summed E-state index contributed by atoms with van der Waals surface area (Å²) in [5, 5.41) is 0. The summed E-state index contributed by atoms with van der Waals surface area (Å²) >= 11 is 3.31. The third-order valence-corrected chi connectivity index (χ3v) is 2.23. The van der Waals surface area contributed by atoms with Crippen molar-refractivity contribution in [1.82, 2.24) is 9.97 Å². The Bertz CT molecular complexity index is 250. The van der Waals surface area contributed by atoms with Crippen molar-refractivity contribution in [1.29, 1.82) is 0 Å². The van der Waals surface area contributed by atoms with E-state index < -0.39 is 0 Å². The minimum atomic E-state index is 0.752. The highest BCUT2D eigenvalue weighted by atomic mass is 79.9. The van der Waals surface area contributed by atoms with E-state index in [9.17, 15) is 0 Å². The van der Waals surface area contributed by atoms with Gasteiger partial charge in [-0.05, 0) is 35.7 Å². The molecule has 0 saturated heterocycles. The van der Waals surface area contributed by atoms with Gasteiger partial charge in [-0.25, -0.2) is 4.98 Å². The summed E-state index contributed by atoms with van der Waals surface area (Å²) in [4.78, 5) is 7.47. The molecule has 2 nitrogen and oxygen atoms in total. The molecule has 1 aromatic heterocycles. The van der Waals surface area contributed by atoms with E-state index in [-0.39, 0.29) is 0 Å². The van der Waals surface area contributed by atoms with Gasteiger partial charge < -0.3 is 4.98 Å². The number of hydrogen-bond acceptors (Lipinski definition) is 1. The fourth-order valence-corrected chi connectivity index (χ4v) is 1.68. The second kappa shape index (κ2) is 2.09. The van der Waals surface area contributed by atoms with E-state index in [0.29, 0.717) is 0 Å². The molecule has 0 radical (unpaired) electrons. The molecule has 3 heteroatoms. The first-order valence-electron chi connectivity index (χ1n) is 3.49. The highest BCUT2D eigenvalue weighted by molar-refractivity contribution is 9.10. The van der Waals surface area contributed by atoms with Crippen LogP contribution < -0.4 is 0 Å². The van der Waals surface area contributed by atoms with E-state index in [1.165, 1.54) is 24.2 Å². The third-order valence-electron chi connectivity index (χ3n) is 1.86. The van der Waals surface area contributed by atoms with Gasteiger partial charge in [0.05, 0.1) is 5.69 Å². The van der Waals surface area contributed by atoms with Crippen LogP contribution in [-0.2, 0) is 0 Å². The van der Waals surface area contributed by atoms with E-state index in [0.717, 1.165) is 10.7 Å². The first-order chi connectivity index (χ1) is 4.77. The van der Waals surface area contributed by atoms with Gasteiger partial charge in [-0.2, -0.15) is 0 Å². The van der Waals surface area contributed by atoms with Crippen molar-refractivity contribution in [2.45, 2.75) is 25.7 Å². The Morgan fingerprint density at radius 2 is 2.30 bits per heavy atom. The maximum Gasteiger partial charge on any atom is 0.174 e. The second-order valence-electron chi connectivity index (χ2n) is 2.81. The molecule has 0 atom stereocenters. The lowest BCUT2D eigenvalue weighted by molar-refractivity contribution is 1.02. The Kier molecular flexibility index (Phi) is 1.34. The number of aryl methyl sites for hydroxylation is 1. The molecule has 0 spiro atoms. The molecule has 0 unspecified atom stereocenters. The minimum Gasteiger partial charge on any atom is -0.336 e. The fourth-order valence-electron chi connectivity index (χ4n) is 1.19. The van der Waals surface area contributed by atoms with Gasteiger partial charge in [0.2, 0.25) is 0 Å². The van der Waals surface area contributed by atoms with Crippen LogP contribution in [0.5, 0.6) is 0 Å². The lowest BCUT2D eigenvalue weighted by atomic mass is 10.2. The maximum absolute atomic E-state index is 4.33.